The van der Waals surface area contributed by atoms with Gasteiger partial charge < -0.3 is 15.5 Å². The lowest BCUT2D eigenvalue weighted by atomic mass is 9.89. The Kier molecular flexibility index (Phi) is 6.61. The number of hydrogen-bond acceptors (Lipinski definition) is 4. The van der Waals surface area contributed by atoms with Gasteiger partial charge in [0.15, 0.2) is 0 Å². The number of carboxylic acids is 2. The summed E-state index contributed by atoms with van der Waals surface area (Å²) in [6.45, 7) is 0. The number of anilines is 1. The number of amides is 1. The van der Waals surface area contributed by atoms with Gasteiger partial charge in [0.2, 0.25) is 5.91 Å². The molecule has 7 heteroatoms. The fourth-order valence-electron chi connectivity index (χ4n) is 3.72. The van der Waals surface area contributed by atoms with Crippen molar-refractivity contribution in [3.05, 3.63) is 65.7 Å². The molecule has 152 valence electrons. The monoisotopic (exact) mass is 396 g/mol. The van der Waals surface area contributed by atoms with Crippen molar-refractivity contribution in [2.45, 2.75) is 37.8 Å². The molecule has 0 saturated carbocycles. The Morgan fingerprint density at radius 3 is 2.45 bits per heavy atom. The summed E-state index contributed by atoms with van der Waals surface area (Å²) in [5, 5.41) is 24.7. The maximum absolute atomic E-state index is 12.8. The number of aliphatic carboxylic acids is 2. The molecule has 3 atom stereocenters. The number of carbonyl (C=O) groups is 3. The minimum atomic E-state index is -1.07. The molecular formula is C22H24N2O5. The molecule has 0 saturated heterocycles. The average molecular weight is 396 g/mol. The first-order valence-electron chi connectivity index (χ1n) is 9.57. The topological polar surface area (TPSA) is 116 Å². The average Bonchev–Trinajstić information content (AvgIpc) is 2.81. The van der Waals surface area contributed by atoms with Gasteiger partial charge in [0.1, 0.15) is 6.04 Å². The van der Waals surface area contributed by atoms with Crippen molar-refractivity contribution < 1.29 is 24.6 Å². The number of para-hydroxylation sites is 1. The van der Waals surface area contributed by atoms with Crippen LogP contribution in [-0.4, -0.2) is 40.1 Å². The Hall–Kier alpha value is -3.19. The number of fused-ring (bicyclic) bond motifs is 1. The Labute approximate surface area is 168 Å². The highest BCUT2D eigenvalue weighted by Gasteiger charge is 2.36. The van der Waals surface area contributed by atoms with Crippen molar-refractivity contribution in [3.8, 4) is 0 Å². The van der Waals surface area contributed by atoms with E-state index >= 15 is 0 Å². The van der Waals surface area contributed by atoms with Crippen LogP contribution in [0.25, 0.3) is 0 Å². The molecule has 1 amide bonds. The second-order valence-electron chi connectivity index (χ2n) is 7.27. The Morgan fingerprint density at radius 1 is 1.07 bits per heavy atom. The number of nitrogens with one attached hydrogen (secondary N) is 2. The molecule has 0 aromatic heterocycles. The van der Waals surface area contributed by atoms with E-state index in [0.717, 1.165) is 11.1 Å². The fraction of sp³-hybridized carbons (Fsp3) is 0.318. The van der Waals surface area contributed by atoms with Gasteiger partial charge in [0.05, 0.1) is 12.5 Å². The maximum atomic E-state index is 12.8. The highest BCUT2D eigenvalue weighted by molar-refractivity contribution is 5.97. The van der Waals surface area contributed by atoms with Gasteiger partial charge >= 0.3 is 11.9 Å². The minimum Gasteiger partial charge on any atom is -0.481 e. The van der Waals surface area contributed by atoms with E-state index in [1.165, 1.54) is 0 Å². The van der Waals surface area contributed by atoms with Crippen molar-refractivity contribution in [3.63, 3.8) is 0 Å². The van der Waals surface area contributed by atoms with E-state index in [4.69, 9.17) is 0 Å². The zero-order valence-corrected chi connectivity index (χ0v) is 15.9. The molecule has 0 aliphatic carbocycles. The summed E-state index contributed by atoms with van der Waals surface area (Å²) in [5.74, 6) is -3.06. The van der Waals surface area contributed by atoms with Gasteiger partial charge in [-0.15, -0.1) is 0 Å². The van der Waals surface area contributed by atoms with E-state index in [1.54, 1.807) is 12.1 Å². The number of benzene rings is 2. The van der Waals surface area contributed by atoms with Crippen molar-refractivity contribution in [2.24, 2.45) is 5.92 Å². The molecular weight excluding hydrogens is 372 g/mol. The molecule has 7 nitrogen and oxygen atoms in total. The maximum Gasteiger partial charge on any atom is 0.320 e. The molecule has 0 spiro atoms. The smallest absolute Gasteiger partial charge is 0.320 e. The molecule has 2 aromatic rings. The summed E-state index contributed by atoms with van der Waals surface area (Å²) in [6, 6.07) is 14.8. The lowest BCUT2D eigenvalue weighted by Crippen LogP contribution is -2.52. The minimum absolute atomic E-state index is 0.232. The normalized spacial score (nSPS) is 19.5. The van der Waals surface area contributed by atoms with E-state index in [-0.39, 0.29) is 12.8 Å². The summed E-state index contributed by atoms with van der Waals surface area (Å²) < 4.78 is 0. The van der Waals surface area contributed by atoms with Crippen LogP contribution in [0.3, 0.4) is 0 Å². The SMILES string of the molecule is O=C(O)CC1Cc2ccccc2NC(=O)[C@H]1N[C@@H](CCc1ccccc1)C(=O)O. The zero-order chi connectivity index (χ0) is 20.8. The first-order chi connectivity index (χ1) is 13.9. The van der Waals surface area contributed by atoms with Crippen molar-refractivity contribution in [1.82, 2.24) is 5.32 Å². The standard InChI is InChI=1S/C22H24N2O5/c25-19(26)13-16-12-15-8-4-5-9-17(15)24-21(27)20(16)23-18(22(28)29)11-10-14-6-2-1-3-7-14/h1-9,16,18,20,23H,10-13H2,(H,24,27)(H,25,26)(H,28,29)/t16?,18-,20-/m0/s1. The first-order valence-corrected chi connectivity index (χ1v) is 9.57. The van der Waals surface area contributed by atoms with Crippen LogP contribution in [0, 0.1) is 5.92 Å². The van der Waals surface area contributed by atoms with Crippen molar-refractivity contribution in [2.75, 3.05) is 5.32 Å². The lowest BCUT2D eigenvalue weighted by molar-refractivity contribution is -0.140. The molecule has 1 aliphatic heterocycles. The molecule has 3 rings (SSSR count). The van der Waals surface area contributed by atoms with Crippen LogP contribution in [0.1, 0.15) is 24.0 Å². The molecule has 29 heavy (non-hydrogen) atoms. The molecule has 0 fully saturated rings. The van der Waals surface area contributed by atoms with Gasteiger partial charge in [0, 0.05) is 5.69 Å². The van der Waals surface area contributed by atoms with Crippen LogP contribution >= 0.6 is 0 Å². The van der Waals surface area contributed by atoms with Crippen molar-refractivity contribution >= 4 is 23.5 Å². The fourth-order valence-corrected chi connectivity index (χ4v) is 3.72. The van der Waals surface area contributed by atoms with Crippen LogP contribution in [0.5, 0.6) is 0 Å². The van der Waals surface area contributed by atoms with E-state index in [9.17, 15) is 24.6 Å². The predicted octanol–water partition coefficient (Wildman–Crippen LogP) is 2.32. The van der Waals surface area contributed by atoms with E-state index in [2.05, 4.69) is 10.6 Å². The predicted molar refractivity (Wildman–Crippen MR) is 108 cm³/mol. The number of carbonyl (C=O) groups excluding carboxylic acids is 1. The molecule has 1 aliphatic rings. The summed E-state index contributed by atoms with van der Waals surface area (Å²) in [7, 11) is 0. The van der Waals surface area contributed by atoms with Gasteiger partial charge in [0.25, 0.3) is 0 Å². The number of rotatable bonds is 8. The summed E-state index contributed by atoms with van der Waals surface area (Å²) in [4.78, 5) is 36.1. The van der Waals surface area contributed by atoms with E-state index in [1.807, 2.05) is 42.5 Å². The molecule has 0 bridgehead atoms. The zero-order valence-electron chi connectivity index (χ0n) is 15.9. The third kappa shape index (κ3) is 5.42. The van der Waals surface area contributed by atoms with Crippen LogP contribution in [0.15, 0.2) is 54.6 Å². The molecule has 4 N–H and O–H groups in total. The van der Waals surface area contributed by atoms with Crippen LogP contribution < -0.4 is 10.6 Å². The van der Waals surface area contributed by atoms with Gasteiger partial charge in [-0.3, -0.25) is 19.7 Å². The van der Waals surface area contributed by atoms with Gasteiger partial charge in [-0.1, -0.05) is 48.5 Å². The van der Waals surface area contributed by atoms with E-state index in [0.29, 0.717) is 18.5 Å². The van der Waals surface area contributed by atoms with Crippen LogP contribution in [0.4, 0.5) is 5.69 Å². The highest BCUT2D eigenvalue weighted by atomic mass is 16.4. The molecule has 0 radical (unpaired) electrons. The Bertz CT molecular complexity index is 884. The Balaban J connectivity index is 1.79. The molecule has 1 unspecified atom stereocenters. The summed E-state index contributed by atoms with van der Waals surface area (Å²) in [6.07, 6.45) is 0.952. The number of carboxylic acid groups (broad SMARTS) is 2. The van der Waals surface area contributed by atoms with E-state index < -0.39 is 35.8 Å². The lowest BCUT2D eigenvalue weighted by Gasteiger charge is -2.27. The van der Waals surface area contributed by atoms with Crippen LogP contribution in [0.2, 0.25) is 0 Å². The summed E-state index contributed by atoms with van der Waals surface area (Å²) >= 11 is 0. The number of hydrogen-bond donors (Lipinski definition) is 4. The van der Waals surface area contributed by atoms with Crippen LogP contribution in [-0.2, 0) is 27.2 Å². The summed E-state index contributed by atoms with van der Waals surface area (Å²) in [5.41, 5.74) is 2.47. The first kappa shape index (κ1) is 20.5. The third-order valence-corrected chi connectivity index (χ3v) is 5.19. The largest absolute Gasteiger partial charge is 0.481 e. The van der Waals surface area contributed by atoms with Crippen molar-refractivity contribution in [1.29, 1.82) is 0 Å². The van der Waals surface area contributed by atoms with Gasteiger partial charge in [-0.05, 0) is 42.4 Å². The second-order valence-corrected chi connectivity index (χ2v) is 7.27. The molecule has 1 heterocycles. The van der Waals surface area contributed by atoms with Gasteiger partial charge in [-0.2, -0.15) is 0 Å². The second kappa shape index (κ2) is 9.34. The quantitative estimate of drug-likeness (QED) is 0.544. The Morgan fingerprint density at radius 2 is 1.76 bits per heavy atom. The molecule has 2 aromatic carbocycles. The highest BCUT2D eigenvalue weighted by Crippen LogP contribution is 2.27. The number of aryl methyl sites for hydroxylation is 1. The third-order valence-electron chi connectivity index (χ3n) is 5.19. The van der Waals surface area contributed by atoms with Gasteiger partial charge in [-0.25, -0.2) is 0 Å².